The fourth-order valence-corrected chi connectivity index (χ4v) is 2.87. The third kappa shape index (κ3) is 2.50. The number of para-hydroxylation sites is 1. The summed E-state index contributed by atoms with van der Waals surface area (Å²) in [6.45, 7) is 0. The van der Waals surface area contributed by atoms with Gasteiger partial charge in [-0.15, -0.1) is 11.8 Å². The summed E-state index contributed by atoms with van der Waals surface area (Å²) in [5.74, 6) is -0.938. The van der Waals surface area contributed by atoms with Crippen LogP contribution in [0.4, 0.5) is 5.69 Å². The Kier molecular flexibility index (Phi) is 3.62. The van der Waals surface area contributed by atoms with Gasteiger partial charge < -0.3 is 5.32 Å². The Hall–Kier alpha value is -2.33. The summed E-state index contributed by atoms with van der Waals surface area (Å²) in [7, 11) is 0. The first kappa shape index (κ1) is 13.6. The Labute approximate surface area is 127 Å². The molecule has 3 nitrogen and oxygen atoms in total. The Morgan fingerprint density at radius 1 is 0.905 bits per heavy atom. The molecule has 4 heteroatoms. The Morgan fingerprint density at radius 3 is 2.33 bits per heavy atom. The monoisotopic (exact) mass is 295 g/mol. The lowest BCUT2D eigenvalue weighted by molar-refractivity contribution is -0.111. The highest BCUT2D eigenvalue weighted by atomic mass is 32.2. The van der Waals surface area contributed by atoms with E-state index in [2.05, 4.69) is 5.32 Å². The summed E-state index contributed by atoms with van der Waals surface area (Å²) in [4.78, 5) is 24.8. The molecule has 2 aromatic rings. The first-order valence-electron chi connectivity index (χ1n) is 6.50. The van der Waals surface area contributed by atoms with E-state index in [9.17, 15) is 9.59 Å². The molecule has 0 amide bonds. The number of Topliss-reactive ketones (excluding diaryl/α,β-unsaturated/α-hetero) is 1. The molecule has 0 fully saturated rings. The predicted molar refractivity (Wildman–Crippen MR) is 85.6 cm³/mol. The minimum Gasteiger partial charge on any atom is -0.354 e. The van der Waals surface area contributed by atoms with Crippen molar-refractivity contribution in [2.24, 2.45) is 0 Å². The van der Waals surface area contributed by atoms with Crippen LogP contribution in [0.5, 0.6) is 0 Å². The molecule has 0 radical (unpaired) electrons. The van der Waals surface area contributed by atoms with Crippen LogP contribution in [0.2, 0.25) is 0 Å². The lowest BCUT2D eigenvalue weighted by Gasteiger charge is -2.19. The molecule has 0 aromatic heterocycles. The molecular formula is C17H13NO2S. The number of hydrogen-bond donors (Lipinski definition) is 1. The van der Waals surface area contributed by atoms with E-state index in [1.54, 1.807) is 23.9 Å². The number of nitrogens with one attached hydrogen (secondary N) is 1. The minimum atomic E-state index is -0.488. The first-order valence-corrected chi connectivity index (χ1v) is 7.73. The zero-order chi connectivity index (χ0) is 14.8. The van der Waals surface area contributed by atoms with Crippen molar-refractivity contribution in [3.05, 3.63) is 65.7 Å². The lowest BCUT2D eigenvalue weighted by atomic mass is 9.92. The van der Waals surface area contributed by atoms with Crippen molar-refractivity contribution in [3.63, 3.8) is 0 Å². The van der Waals surface area contributed by atoms with Crippen LogP contribution in [0.25, 0.3) is 5.70 Å². The Balaban J connectivity index is 2.04. The van der Waals surface area contributed by atoms with Gasteiger partial charge in [-0.1, -0.05) is 36.4 Å². The molecule has 0 aliphatic heterocycles. The fourth-order valence-electron chi connectivity index (χ4n) is 2.32. The highest BCUT2D eigenvalue weighted by Crippen LogP contribution is 2.31. The SMILES string of the molecule is CSc1ccccc1NC1=CC(=O)C(=O)c2ccccc21. The number of ketones is 2. The maximum absolute atomic E-state index is 11.9. The average Bonchev–Trinajstić information content (AvgIpc) is 2.53. The molecule has 1 N–H and O–H groups in total. The summed E-state index contributed by atoms with van der Waals surface area (Å²) in [5, 5.41) is 3.27. The third-order valence-electron chi connectivity index (χ3n) is 3.34. The number of fused-ring (bicyclic) bond motifs is 1. The van der Waals surface area contributed by atoms with Gasteiger partial charge in [-0.25, -0.2) is 0 Å². The standard InChI is InChI=1S/C17H13NO2S/c1-21-16-9-5-4-8-13(16)18-14-10-15(19)17(20)12-7-3-2-6-11(12)14/h2-10,18H,1H3. The van der Waals surface area contributed by atoms with Crippen molar-refractivity contribution >= 4 is 34.7 Å². The minimum absolute atomic E-state index is 0.450. The van der Waals surface area contributed by atoms with Crippen molar-refractivity contribution in [3.8, 4) is 0 Å². The van der Waals surface area contributed by atoms with Gasteiger partial charge in [0.25, 0.3) is 0 Å². The summed E-state index contributed by atoms with van der Waals surface area (Å²) < 4.78 is 0. The molecule has 0 heterocycles. The van der Waals surface area contributed by atoms with Crippen molar-refractivity contribution in [2.45, 2.75) is 4.90 Å². The third-order valence-corrected chi connectivity index (χ3v) is 4.13. The fraction of sp³-hybridized carbons (Fsp3) is 0.0588. The molecule has 1 aliphatic carbocycles. The second-order valence-corrected chi connectivity index (χ2v) is 5.47. The van der Waals surface area contributed by atoms with Crippen molar-refractivity contribution < 1.29 is 9.59 Å². The summed E-state index contributed by atoms with van der Waals surface area (Å²) >= 11 is 1.63. The number of hydrogen-bond acceptors (Lipinski definition) is 4. The van der Waals surface area contributed by atoms with E-state index >= 15 is 0 Å². The molecule has 104 valence electrons. The van der Waals surface area contributed by atoms with E-state index in [1.807, 2.05) is 42.7 Å². The van der Waals surface area contributed by atoms with Crippen LogP contribution >= 0.6 is 11.8 Å². The quantitative estimate of drug-likeness (QED) is 0.694. The van der Waals surface area contributed by atoms with Gasteiger partial charge in [-0.2, -0.15) is 0 Å². The van der Waals surface area contributed by atoms with Gasteiger partial charge in [-0.05, 0) is 18.4 Å². The van der Waals surface area contributed by atoms with Crippen LogP contribution in [-0.2, 0) is 4.79 Å². The molecule has 0 unspecified atom stereocenters. The van der Waals surface area contributed by atoms with E-state index in [1.165, 1.54) is 6.08 Å². The van der Waals surface area contributed by atoms with Crippen LogP contribution in [0.15, 0.2) is 59.5 Å². The largest absolute Gasteiger partial charge is 0.354 e. The van der Waals surface area contributed by atoms with Gasteiger partial charge in [0.2, 0.25) is 11.6 Å². The van der Waals surface area contributed by atoms with Gasteiger partial charge in [0.1, 0.15) is 0 Å². The number of rotatable bonds is 3. The van der Waals surface area contributed by atoms with E-state index < -0.39 is 11.6 Å². The van der Waals surface area contributed by atoms with Crippen molar-refractivity contribution in [1.29, 1.82) is 0 Å². The number of allylic oxidation sites excluding steroid dienone is 1. The molecular weight excluding hydrogens is 282 g/mol. The van der Waals surface area contributed by atoms with Gasteiger partial charge in [-0.3, -0.25) is 9.59 Å². The maximum Gasteiger partial charge on any atom is 0.233 e. The normalized spacial score (nSPS) is 13.7. The summed E-state index contributed by atoms with van der Waals surface area (Å²) in [5.41, 5.74) is 2.80. The average molecular weight is 295 g/mol. The molecule has 0 bridgehead atoms. The van der Waals surface area contributed by atoms with E-state index in [4.69, 9.17) is 0 Å². The van der Waals surface area contributed by atoms with Gasteiger partial charge in [0.15, 0.2) is 0 Å². The predicted octanol–water partition coefficient (Wildman–Crippen LogP) is 3.63. The number of anilines is 1. The number of thioether (sulfide) groups is 1. The number of benzene rings is 2. The van der Waals surface area contributed by atoms with Gasteiger partial charge in [0.05, 0.1) is 11.4 Å². The zero-order valence-corrected chi connectivity index (χ0v) is 12.2. The number of carbonyl (C=O) groups is 2. The van der Waals surface area contributed by atoms with Crippen LogP contribution in [0.1, 0.15) is 15.9 Å². The first-order chi connectivity index (χ1) is 10.2. The Morgan fingerprint density at radius 2 is 1.57 bits per heavy atom. The smallest absolute Gasteiger partial charge is 0.233 e. The molecule has 2 aromatic carbocycles. The maximum atomic E-state index is 11.9. The Bertz CT molecular complexity index is 765. The van der Waals surface area contributed by atoms with E-state index in [0.717, 1.165) is 16.1 Å². The summed E-state index contributed by atoms with van der Waals surface area (Å²) in [6.07, 6.45) is 3.38. The highest BCUT2D eigenvalue weighted by molar-refractivity contribution is 7.98. The molecule has 0 saturated carbocycles. The van der Waals surface area contributed by atoms with Crippen LogP contribution < -0.4 is 5.32 Å². The zero-order valence-electron chi connectivity index (χ0n) is 11.4. The molecule has 1 aliphatic rings. The van der Waals surface area contributed by atoms with E-state index in [-0.39, 0.29) is 0 Å². The van der Waals surface area contributed by atoms with Crippen LogP contribution in [-0.4, -0.2) is 17.8 Å². The van der Waals surface area contributed by atoms with Crippen molar-refractivity contribution in [2.75, 3.05) is 11.6 Å². The molecule has 3 rings (SSSR count). The number of carbonyl (C=O) groups excluding carboxylic acids is 2. The highest BCUT2D eigenvalue weighted by Gasteiger charge is 2.25. The summed E-state index contributed by atoms with van der Waals surface area (Å²) in [6, 6.07) is 15.0. The van der Waals surface area contributed by atoms with Crippen LogP contribution in [0.3, 0.4) is 0 Å². The van der Waals surface area contributed by atoms with E-state index in [0.29, 0.717) is 11.3 Å². The molecule has 21 heavy (non-hydrogen) atoms. The van der Waals surface area contributed by atoms with Gasteiger partial charge in [0, 0.05) is 22.1 Å². The second-order valence-electron chi connectivity index (χ2n) is 4.62. The van der Waals surface area contributed by atoms with Crippen molar-refractivity contribution in [1.82, 2.24) is 0 Å². The molecule has 0 saturated heterocycles. The molecule has 0 atom stereocenters. The van der Waals surface area contributed by atoms with Crippen LogP contribution in [0, 0.1) is 0 Å². The topological polar surface area (TPSA) is 46.2 Å². The van der Waals surface area contributed by atoms with Gasteiger partial charge >= 0.3 is 0 Å². The lowest BCUT2D eigenvalue weighted by Crippen LogP contribution is -2.21. The molecule has 0 spiro atoms. The second kappa shape index (κ2) is 5.58.